The number of hydrogen-bond acceptors (Lipinski definition) is 5. The average molecular weight is 393 g/mol. The molecular weight excluding hydrogens is 364 g/mol. The van der Waals surface area contributed by atoms with E-state index in [2.05, 4.69) is 15.9 Å². The highest BCUT2D eigenvalue weighted by molar-refractivity contribution is 5.95. The highest BCUT2D eigenvalue weighted by Crippen LogP contribution is 2.24. The SMILES string of the molecule is Cc1cccc(N(CCC#N)C(=O)CN2CCN(c3ccc(O)cc3)CC2)c1C. The van der Waals surface area contributed by atoms with Crippen molar-refractivity contribution in [2.45, 2.75) is 20.3 Å². The summed E-state index contributed by atoms with van der Waals surface area (Å²) in [5.74, 6) is 0.300. The highest BCUT2D eigenvalue weighted by Gasteiger charge is 2.23. The number of hydrogen-bond donors (Lipinski definition) is 1. The Balaban J connectivity index is 1.63. The molecule has 1 N–H and O–H groups in total. The zero-order chi connectivity index (χ0) is 20.8. The van der Waals surface area contributed by atoms with Gasteiger partial charge in [-0.25, -0.2) is 0 Å². The summed E-state index contributed by atoms with van der Waals surface area (Å²) >= 11 is 0. The summed E-state index contributed by atoms with van der Waals surface area (Å²) in [4.78, 5) is 19.3. The zero-order valence-corrected chi connectivity index (χ0v) is 17.1. The molecule has 0 aromatic heterocycles. The average Bonchev–Trinajstić information content (AvgIpc) is 2.72. The number of amides is 1. The molecule has 6 nitrogen and oxygen atoms in total. The summed E-state index contributed by atoms with van der Waals surface area (Å²) in [5, 5.41) is 18.5. The Bertz CT molecular complexity index is 881. The topological polar surface area (TPSA) is 70.8 Å². The number of phenolic OH excluding ortho intramolecular Hbond substituents is 1. The number of carbonyl (C=O) groups is 1. The lowest BCUT2D eigenvalue weighted by Gasteiger charge is -2.36. The number of piperazine rings is 1. The number of anilines is 2. The third-order valence-electron chi connectivity index (χ3n) is 5.56. The normalized spacial score (nSPS) is 14.4. The van der Waals surface area contributed by atoms with Crippen LogP contribution in [0.3, 0.4) is 0 Å². The fraction of sp³-hybridized carbons (Fsp3) is 0.391. The molecule has 29 heavy (non-hydrogen) atoms. The van der Waals surface area contributed by atoms with E-state index in [4.69, 9.17) is 5.26 Å². The molecule has 0 atom stereocenters. The lowest BCUT2D eigenvalue weighted by molar-refractivity contribution is -0.119. The summed E-state index contributed by atoms with van der Waals surface area (Å²) in [5.41, 5.74) is 4.20. The number of aromatic hydroxyl groups is 1. The second-order valence-corrected chi connectivity index (χ2v) is 7.45. The molecule has 1 saturated heterocycles. The highest BCUT2D eigenvalue weighted by atomic mass is 16.3. The van der Waals surface area contributed by atoms with E-state index in [-0.39, 0.29) is 11.7 Å². The van der Waals surface area contributed by atoms with Crippen LogP contribution in [0.5, 0.6) is 5.75 Å². The van der Waals surface area contributed by atoms with Crippen LogP contribution in [-0.4, -0.2) is 55.2 Å². The van der Waals surface area contributed by atoms with Gasteiger partial charge < -0.3 is 14.9 Å². The van der Waals surface area contributed by atoms with Crippen molar-refractivity contribution < 1.29 is 9.90 Å². The Morgan fingerprint density at radius 1 is 1.10 bits per heavy atom. The van der Waals surface area contributed by atoms with Gasteiger partial charge >= 0.3 is 0 Å². The Hall–Kier alpha value is -3.04. The molecule has 1 aliphatic rings. The number of carbonyl (C=O) groups excluding carboxylic acids is 1. The summed E-state index contributed by atoms with van der Waals surface area (Å²) in [6, 6.07) is 15.3. The van der Waals surface area contributed by atoms with Crippen LogP contribution in [0.15, 0.2) is 42.5 Å². The number of aryl methyl sites for hydroxylation is 1. The largest absolute Gasteiger partial charge is 0.508 e. The fourth-order valence-corrected chi connectivity index (χ4v) is 3.67. The van der Waals surface area contributed by atoms with Gasteiger partial charge in [0, 0.05) is 44.1 Å². The molecule has 1 heterocycles. The first kappa shape index (κ1) is 20.7. The maximum absolute atomic E-state index is 13.1. The van der Waals surface area contributed by atoms with E-state index in [0.29, 0.717) is 19.5 Å². The minimum atomic E-state index is 0.0343. The van der Waals surface area contributed by atoms with Crippen LogP contribution in [0.4, 0.5) is 11.4 Å². The van der Waals surface area contributed by atoms with E-state index in [1.165, 1.54) is 0 Å². The second kappa shape index (κ2) is 9.44. The molecule has 0 bridgehead atoms. The van der Waals surface area contributed by atoms with E-state index < -0.39 is 0 Å². The third-order valence-corrected chi connectivity index (χ3v) is 5.56. The molecule has 0 unspecified atom stereocenters. The first-order chi connectivity index (χ1) is 14.0. The maximum Gasteiger partial charge on any atom is 0.241 e. The number of rotatable bonds is 6. The van der Waals surface area contributed by atoms with Crippen LogP contribution >= 0.6 is 0 Å². The smallest absolute Gasteiger partial charge is 0.241 e. The summed E-state index contributed by atoms with van der Waals surface area (Å²) in [6.07, 6.45) is 0.313. The van der Waals surface area contributed by atoms with Crippen molar-refractivity contribution in [1.29, 1.82) is 5.26 Å². The summed E-state index contributed by atoms with van der Waals surface area (Å²) in [7, 11) is 0. The maximum atomic E-state index is 13.1. The van der Waals surface area contributed by atoms with Crippen molar-refractivity contribution in [2.24, 2.45) is 0 Å². The van der Waals surface area contributed by atoms with Gasteiger partial charge in [0.15, 0.2) is 0 Å². The van der Waals surface area contributed by atoms with Gasteiger partial charge in [0.1, 0.15) is 5.75 Å². The molecule has 0 spiro atoms. The fourth-order valence-electron chi connectivity index (χ4n) is 3.67. The monoisotopic (exact) mass is 392 g/mol. The number of nitrogens with zero attached hydrogens (tertiary/aromatic N) is 4. The van der Waals surface area contributed by atoms with E-state index in [9.17, 15) is 9.90 Å². The second-order valence-electron chi connectivity index (χ2n) is 7.45. The Labute approximate surface area is 172 Å². The van der Waals surface area contributed by atoms with Gasteiger partial charge in [0.25, 0.3) is 0 Å². The van der Waals surface area contributed by atoms with Crippen molar-refractivity contribution in [2.75, 3.05) is 49.1 Å². The first-order valence-corrected chi connectivity index (χ1v) is 9.99. The van der Waals surface area contributed by atoms with Crippen molar-refractivity contribution in [3.05, 3.63) is 53.6 Å². The predicted octanol–water partition coefficient (Wildman–Crippen LogP) is 3.08. The lowest BCUT2D eigenvalue weighted by atomic mass is 10.1. The number of benzene rings is 2. The number of phenols is 1. The van der Waals surface area contributed by atoms with Crippen LogP contribution in [-0.2, 0) is 4.79 Å². The molecule has 0 radical (unpaired) electrons. The molecule has 1 fully saturated rings. The van der Waals surface area contributed by atoms with Gasteiger partial charge in [-0.15, -0.1) is 0 Å². The third kappa shape index (κ3) is 5.07. The molecule has 2 aromatic carbocycles. The first-order valence-electron chi connectivity index (χ1n) is 9.99. The quantitative estimate of drug-likeness (QED) is 0.818. The molecule has 1 aliphatic heterocycles. The molecule has 0 saturated carbocycles. The standard InChI is InChI=1S/C23H28N4O2/c1-18-5-3-6-22(19(18)2)27(12-4-11-24)23(29)17-25-13-15-26(16-14-25)20-7-9-21(28)10-8-20/h3,5-10,28H,4,12-17H2,1-2H3. The molecule has 0 aliphatic carbocycles. The van der Waals surface area contributed by atoms with Crippen LogP contribution in [0, 0.1) is 25.2 Å². The van der Waals surface area contributed by atoms with E-state index in [1.807, 2.05) is 44.2 Å². The summed E-state index contributed by atoms with van der Waals surface area (Å²) < 4.78 is 0. The molecule has 152 valence electrons. The van der Waals surface area contributed by atoms with Crippen molar-refractivity contribution in [3.63, 3.8) is 0 Å². The Morgan fingerprint density at radius 3 is 2.45 bits per heavy atom. The Morgan fingerprint density at radius 2 is 1.79 bits per heavy atom. The van der Waals surface area contributed by atoms with Gasteiger partial charge in [-0.05, 0) is 55.3 Å². The van der Waals surface area contributed by atoms with Gasteiger partial charge in [-0.2, -0.15) is 5.26 Å². The predicted molar refractivity (Wildman–Crippen MR) is 115 cm³/mol. The molecule has 3 rings (SSSR count). The molecular formula is C23H28N4O2. The van der Waals surface area contributed by atoms with Crippen LogP contribution in [0.1, 0.15) is 17.5 Å². The summed E-state index contributed by atoms with van der Waals surface area (Å²) in [6.45, 7) is 8.08. The molecule has 6 heteroatoms. The van der Waals surface area contributed by atoms with E-state index in [0.717, 1.165) is 48.7 Å². The lowest BCUT2D eigenvalue weighted by Crippen LogP contribution is -2.50. The zero-order valence-electron chi connectivity index (χ0n) is 17.1. The molecule has 2 aromatic rings. The number of nitriles is 1. The van der Waals surface area contributed by atoms with Gasteiger partial charge in [-0.3, -0.25) is 9.69 Å². The van der Waals surface area contributed by atoms with Crippen molar-refractivity contribution in [1.82, 2.24) is 4.90 Å². The van der Waals surface area contributed by atoms with Crippen LogP contribution < -0.4 is 9.80 Å². The van der Waals surface area contributed by atoms with Gasteiger partial charge in [0.2, 0.25) is 5.91 Å². The van der Waals surface area contributed by atoms with Gasteiger partial charge in [0.05, 0.1) is 19.0 Å². The minimum Gasteiger partial charge on any atom is -0.508 e. The Kier molecular flexibility index (Phi) is 6.73. The molecule has 1 amide bonds. The van der Waals surface area contributed by atoms with Crippen LogP contribution in [0.2, 0.25) is 0 Å². The van der Waals surface area contributed by atoms with Crippen LogP contribution in [0.25, 0.3) is 0 Å². The van der Waals surface area contributed by atoms with Crippen molar-refractivity contribution in [3.8, 4) is 11.8 Å². The van der Waals surface area contributed by atoms with Crippen molar-refractivity contribution >= 4 is 17.3 Å². The van der Waals surface area contributed by atoms with Gasteiger partial charge in [-0.1, -0.05) is 12.1 Å². The minimum absolute atomic E-state index is 0.0343. The van der Waals surface area contributed by atoms with E-state index >= 15 is 0 Å². The van der Waals surface area contributed by atoms with E-state index in [1.54, 1.807) is 17.0 Å².